The number of nitrogens with zero attached hydrogens (tertiary/aromatic N) is 2. The lowest BCUT2D eigenvalue weighted by molar-refractivity contribution is -0.141. The Morgan fingerprint density at radius 1 is 1.21 bits per heavy atom. The first kappa shape index (κ1) is 15.8. The minimum Gasteiger partial charge on any atom is -0.461 e. The Kier molecular flexibility index (Phi) is 4.07. The second-order valence-corrected chi connectivity index (χ2v) is 4.67. The van der Waals surface area contributed by atoms with Crippen LogP contribution in [0.15, 0.2) is 51.7 Å². The van der Waals surface area contributed by atoms with Gasteiger partial charge < -0.3 is 13.7 Å². The molecule has 0 aliphatic carbocycles. The molecule has 0 fully saturated rings. The highest BCUT2D eigenvalue weighted by molar-refractivity contribution is 5.88. The van der Waals surface area contributed by atoms with Gasteiger partial charge in [-0.25, -0.2) is 4.79 Å². The molecule has 0 aromatic carbocycles. The van der Waals surface area contributed by atoms with Crippen molar-refractivity contribution < 1.29 is 31.6 Å². The summed E-state index contributed by atoms with van der Waals surface area (Å²) >= 11 is 0. The highest BCUT2D eigenvalue weighted by atomic mass is 19.4. The van der Waals surface area contributed by atoms with Gasteiger partial charge in [-0.05, 0) is 24.3 Å². The predicted octanol–water partition coefficient (Wildman–Crippen LogP) is 3.71. The van der Waals surface area contributed by atoms with Crippen molar-refractivity contribution in [2.75, 3.05) is 0 Å². The van der Waals surface area contributed by atoms with E-state index in [1.807, 2.05) is 0 Å². The summed E-state index contributed by atoms with van der Waals surface area (Å²) in [6, 6.07) is 6.58. The fourth-order valence-corrected chi connectivity index (χ4v) is 1.82. The van der Waals surface area contributed by atoms with Crippen LogP contribution in [0.5, 0.6) is 0 Å². The van der Waals surface area contributed by atoms with Crippen molar-refractivity contribution in [2.45, 2.75) is 12.8 Å². The quantitative estimate of drug-likeness (QED) is 0.675. The minimum atomic E-state index is -4.56. The Bertz CT molecular complexity index is 823. The number of hydrogen-bond acceptors (Lipinski definition) is 6. The molecule has 3 aromatic heterocycles. The molecular weight excluding hydrogens is 329 g/mol. The van der Waals surface area contributed by atoms with Crippen molar-refractivity contribution in [3.8, 4) is 11.5 Å². The first-order valence-electron chi connectivity index (χ1n) is 6.63. The summed E-state index contributed by atoms with van der Waals surface area (Å²) in [5.74, 6) is 0.00744. The van der Waals surface area contributed by atoms with Gasteiger partial charge in [0.05, 0.1) is 11.8 Å². The van der Waals surface area contributed by atoms with E-state index in [2.05, 4.69) is 10.1 Å². The highest BCUT2D eigenvalue weighted by Gasteiger charge is 2.32. The molecule has 124 valence electrons. The van der Waals surface area contributed by atoms with Gasteiger partial charge in [-0.1, -0.05) is 5.16 Å². The lowest BCUT2D eigenvalue weighted by atomic mass is 10.2. The first-order chi connectivity index (χ1) is 11.4. The number of furan rings is 1. The van der Waals surface area contributed by atoms with Gasteiger partial charge in [0.25, 0.3) is 0 Å². The van der Waals surface area contributed by atoms with Crippen LogP contribution in [0.4, 0.5) is 13.2 Å². The minimum absolute atomic E-state index is 0.0993. The van der Waals surface area contributed by atoms with Crippen LogP contribution in [0.1, 0.15) is 21.7 Å². The van der Waals surface area contributed by atoms with Gasteiger partial charge >= 0.3 is 12.1 Å². The van der Waals surface area contributed by atoms with E-state index < -0.39 is 17.8 Å². The first-order valence-corrected chi connectivity index (χ1v) is 6.63. The van der Waals surface area contributed by atoms with Crippen LogP contribution in [0.3, 0.4) is 0 Å². The molecule has 0 aliphatic heterocycles. The second kappa shape index (κ2) is 6.19. The Morgan fingerprint density at radius 3 is 2.67 bits per heavy atom. The van der Waals surface area contributed by atoms with E-state index in [0.29, 0.717) is 23.3 Å². The lowest BCUT2D eigenvalue weighted by Gasteiger charge is -2.06. The third kappa shape index (κ3) is 3.45. The summed E-state index contributed by atoms with van der Waals surface area (Å²) in [6.45, 7) is -0.204. The molecule has 0 unspecified atom stereocenters. The molecule has 0 aliphatic rings. The van der Waals surface area contributed by atoms with E-state index in [0.717, 1.165) is 12.3 Å². The maximum Gasteiger partial charge on any atom is 0.433 e. The Balaban J connectivity index is 1.61. The average Bonchev–Trinajstić information content (AvgIpc) is 3.23. The van der Waals surface area contributed by atoms with Gasteiger partial charge in [-0.15, -0.1) is 0 Å². The molecule has 3 heterocycles. The SMILES string of the molecule is O=C(OCc1cc(-c2ccco2)on1)c1ccc(C(F)(F)F)nc1. The van der Waals surface area contributed by atoms with Crippen molar-refractivity contribution in [1.82, 2.24) is 10.1 Å². The molecule has 0 radical (unpaired) electrons. The van der Waals surface area contributed by atoms with Crippen LogP contribution in [0.25, 0.3) is 11.5 Å². The molecule has 0 N–H and O–H groups in total. The molecule has 24 heavy (non-hydrogen) atoms. The number of ether oxygens (including phenoxy) is 1. The van der Waals surface area contributed by atoms with Gasteiger partial charge in [-0.2, -0.15) is 13.2 Å². The van der Waals surface area contributed by atoms with E-state index in [1.165, 1.54) is 12.3 Å². The third-order valence-electron chi connectivity index (χ3n) is 2.96. The van der Waals surface area contributed by atoms with Crippen LogP contribution in [0, 0.1) is 0 Å². The average molecular weight is 338 g/mol. The summed E-state index contributed by atoms with van der Waals surface area (Å²) in [5.41, 5.74) is -0.856. The summed E-state index contributed by atoms with van der Waals surface area (Å²) in [6.07, 6.45) is -2.29. The largest absolute Gasteiger partial charge is 0.461 e. The lowest BCUT2D eigenvalue weighted by Crippen LogP contribution is -2.10. The maximum atomic E-state index is 12.4. The normalized spacial score (nSPS) is 11.5. The van der Waals surface area contributed by atoms with Gasteiger partial charge in [-0.3, -0.25) is 4.98 Å². The van der Waals surface area contributed by atoms with E-state index in [-0.39, 0.29) is 12.2 Å². The number of carbonyl (C=O) groups is 1. The topological polar surface area (TPSA) is 78.4 Å². The number of pyridine rings is 1. The molecule has 0 saturated carbocycles. The number of hydrogen-bond donors (Lipinski definition) is 0. The van der Waals surface area contributed by atoms with Gasteiger partial charge in [0, 0.05) is 12.3 Å². The molecular formula is C15H9F3N2O4. The summed E-state index contributed by atoms with van der Waals surface area (Å²) < 4.78 is 52.3. The number of rotatable bonds is 4. The monoisotopic (exact) mass is 338 g/mol. The Labute approximate surface area is 132 Å². The number of carbonyl (C=O) groups excluding carboxylic acids is 1. The van der Waals surface area contributed by atoms with E-state index in [9.17, 15) is 18.0 Å². The van der Waals surface area contributed by atoms with Crippen LogP contribution in [-0.4, -0.2) is 16.1 Å². The fraction of sp³-hybridized carbons (Fsp3) is 0.133. The molecule has 0 bridgehead atoms. The Morgan fingerprint density at radius 2 is 2.04 bits per heavy atom. The molecule has 6 nitrogen and oxygen atoms in total. The number of alkyl halides is 3. The zero-order valence-corrected chi connectivity index (χ0v) is 11.9. The molecule has 9 heteroatoms. The molecule has 3 rings (SSSR count). The van der Waals surface area contributed by atoms with Crippen LogP contribution < -0.4 is 0 Å². The van der Waals surface area contributed by atoms with Crippen molar-refractivity contribution >= 4 is 5.97 Å². The van der Waals surface area contributed by atoms with E-state index in [4.69, 9.17) is 13.7 Å². The molecule has 0 saturated heterocycles. The van der Waals surface area contributed by atoms with Gasteiger partial charge in [0.2, 0.25) is 5.76 Å². The van der Waals surface area contributed by atoms with Crippen molar-refractivity contribution in [1.29, 1.82) is 0 Å². The standard InChI is InChI=1S/C15H9F3N2O4/c16-15(17,18)13-4-3-9(7-19-13)14(21)23-8-10-6-12(24-20-10)11-2-1-5-22-11/h1-7H,8H2. The number of aromatic nitrogens is 2. The smallest absolute Gasteiger partial charge is 0.433 e. The molecule has 0 spiro atoms. The van der Waals surface area contributed by atoms with Crippen molar-refractivity contribution in [3.05, 3.63) is 59.7 Å². The molecule has 0 atom stereocenters. The molecule has 0 amide bonds. The maximum absolute atomic E-state index is 12.4. The van der Waals surface area contributed by atoms with Gasteiger partial charge in [0.1, 0.15) is 18.0 Å². The van der Waals surface area contributed by atoms with Crippen LogP contribution in [-0.2, 0) is 17.5 Å². The number of halogens is 3. The zero-order valence-electron chi connectivity index (χ0n) is 11.9. The summed E-state index contributed by atoms with van der Waals surface area (Å²) in [4.78, 5) is 15.0. The number of esters is 1. The van der Waals surface area contributed by atoms with Crippen molar-refractivity contribution in [2.24, 2.45) is 0 Å². The summed E-state index contributed by atoms with van der Waals surface area (Å²) in [5, 5.41) is 3.71. The Hall–Kier alpha value is -3.10. The summed E-state index contributed by atoms with van der Waals surface area (Å²) in [7, 11) is 0. The molecule has 3 aromatic rings. The van der Waals surface area contributed by atoms with Gasteiger partial charge in [0.15, 0.2) is 5.76 Å². The highest BCUT2D eigenvalue weighted by Crippen LogP contribution is 2.27. The fourth-order valence-electron chi connectivity index (χ4n) is 1.82. The predicted molar refractivity (Wildman–Crippen MR) is 72.6 cm³/mol. The second-order valence-electron chi connectivity index (χ2n) is 4.67. The van der Waals surface area contributed by atoms with E-state index >= 15 is 0 Å². The van der Waals surface area contributed by atoms with Crippen LogP contribution in [0.2, 0.25) is 0 Å². The van der Waals surface area contributed by atoms with Crippen LogP contribution >= 0.6 is 0 Å². The zero-order chi connectivity index (χ0) is 17.2. The van der Waals surface area contributed by atoms with E-state index in [1.54, 1.807) is 12.1 Å². The van der Waals surface area contributed by atoms with Crippen molar-refractivity contribution in [3.63, 3.8) is 0 Å². The third-order valence-corrected chi connectivity index (χ3v) is 2.96.